The van der Waals surface area contributed by atoms with Crippen molar-refractivity contribution in [2.24, 2.45) is 0 Å². The third kappa shape index (κ3) is 4.53. The highest BCUT2D eigenvalue weighted by Crippen LogP contribution is 2.41. The van der Waals surface area contributed by atoms with E-state index in [0.717, 1.165) is 18.7 Å². The number of hydrogen-bond acceptors (Lipinski definition) is 6. The molecule has 2 heterocycles. The van der Waals surface area contributed by atoms with E-state index >= 15 is 0 Å². The molecule has 1 aliphatic heterocycles. The fraction of sp³-hybridized carbons (Fsp3) is 0.524. The fourth-order valence-electron chi connectivity index (χ4n) is 3.96. The van der Waals surface area contributed by atoms with Crippen molar-refractivity contribution in [1.82, 2.24) is 14.9 Å². The Balaban J connectivity index is 1.86. The molecule has 1 atom stereocenters. The van der Waals surface area contributed by atoms with Gasteiger partial charge in [-0.05, 0) is 59.4 Å². The largest absolute Gasteiger partial charge is 0.496 e. The van der Waals surface area contributed by atoms with Gasteiger partial charge in [-0.1, -0.05) is 0 Å². The zero-order valence-corrected chi connectivity index (χ0v) is 18.4. The highest BCUT2D eigenvalue weighted by atomic mass is 19.4. The van der Waals surface area contributed by atoms with E-state index in [9.17, 15) is 17.6 Å². The number of methoxy groups -OCH3 is 1. The number of rotatable bonds is 5. The maximum Gasteiger partial charge on any atom is 0.420 e. The standard InChI is InChI=1S/C21H27F4N5O/c1-19(2)10-16(20(3,4)30(19)5)28-17-14(22)11-26-18(29-17)27-12-7-8-15(31-6)13(9-12)21(23,24)25/h7-9,11,16H,10H2,1-6H3,(H2,26,27,28,29). The van der Waals surface area contributed by atoms with Gasteiger partial charge in [-0.15, -0.1) is 0 Å². The van der Waals surface area contributed by atoms with Crippen molar-refractivity contribution in [2.45, 2.75) is 57.4 Å². The number of nitrogens with zero attached hydrogens (tertiary/aromatic N) is 3. The lowest BCUT2D eigenvalue weighted by Crippen LogP contribution is -2.49. The van der Waals surface area contributed by atoms with Crippen molar-refractivity contribution in [3.63, 3.8) is 0 Å². The molecule has 2 N–H and O–H groups in total. The summed E-state index contributed by atoms with van der Waals surface area (Å²) in [5, 5.41) is 5.87. The molecule has 0 aliphatic carbocycles. The average Bonchev–Trinajstić information content (AvgIpc) is 2.83. The molecule has 1 fully saturated rings. The molecule has 1 aromatic carbocycles. The first-order valence-corrected chi connectivity index (χ1v) is 9.81. The molecule has 2 aromatic rings. The minimum Gasteiger partial charge on any atom is -0.496 e. The van der Waals surface area contributed by atoms with Gasteiger partial charge >= 0.3 is 6.18 Å². The molecule has 0 amide bonds. The molecular weight excluding hydrogens is 414 g/mol. The summed E-state index contributed by atoms with van der Waals surface area (Å²) in [6.45, 7) is 8.35. The van der Waals surface area contributed by atoms with Gasteiger partial charge < -0.3 is 15.4 Å². The van der Waals surface area contributed by atoms with E-state index < -0.39 is 17.6 Å². The highest BCUT2D eigenvalue weighted by Gasteiger charge is 2.49. The van der Waals surface area contributed by atoms with Crippen LogP contribution in [0.25, 0.3) is 0 Å². The van der Waals surface area contributed by atoms with Gasteiger partial charge in [-0.3, -0.25) is 4.90 Å². The van der Waals surface area contributed by atoms with Crippen LogP contribution in [0.1, 0.15) is 39.7 Å². The molecule has 1 aliphatic rings. The Morgan fingerprint density at radius 3 is 2.42 bits per heavy atom. The summed E-state index contributed by atoms with van der Waals surface area (Å²) in [7, 11) is 3.19. The molecule has 170 valence electrons. The van der Waals surface area contributed by atoms with Crippen LogP contribution in [0.3, 0.4) is 0 Å². The van der Waals surface area contributed by atoms with Gasteiger partial charge in [0.25, 0.3) is 0 Å². The smallest absolute Gasteiger partial charge is 0.420 e. The second-order valence-corrected chi connectivity index (χ2v) is 8.85. The molecule has 1 saturated heterocycles. The third-order valence-electron chi connectivity index (χ3n) is 6.14. The number of hydrogen-bond donors (Lipinski definition) is 2. The number of benzene rings is 1. The number of aromatic nitrogens is 2. The fourth-order valence-corrected chi connectivity index (χ4v) is 3.96. The molecule has 31 heavy (non-hydrogen) atoms. The zero-order valence-electron chi connectivity index (χ0n) is 18.4. The number of nitrogens with one attached hydrogen (secondary N) is 2. The van der Waals surface area contributed by atoms with Crippen LogP contribution in [0.2, 0.25) is 0 Å². The van der Waals surface area contributed by atoms with Crippen molar-refractivity contribution in [2.75, 3.05) is 24.8 Å². The summed E-state index contributed by atoms with van der Waals surface area (Å²) in [4.78, 5) is 10.3. The van der Waals surface area contributed by atoms with E-state index in [4.69, 9.17) is 4.74 Å². The van der Waals surface area contributed by atoms with E-state index in [0.29, 0.717) is 0 Å². The first kappa shape index (κ1) is 23.1. The predicted octanol–water partition coefficient (Wildman–Crippen LogP) is 5.06. The highest BCUT2D eigenvalue weighted by molar-refractivity contribution is 5.59. The van der Waals surface area contributed by atoms with Crippen molar-refractivity contribution < 1.29 is 22.3 Å². The van der Waals surface area contributed by atoms with Crippen LogP contribution >= 0.6 is 0 Å². The number of anilines is 3. The van der Waals surface area contributed by atoms with Crippen LogP contribution < -0.4 is 15.4 Å². The van der Waals surface area contributed by atoms with Gasteiger partial charge in [-0.25, -0.2) is 9.37 Å². The SMILES string of the molecule is COc1ccc(Nc2ncc(F)c(NC3CC(C)(C)N(C)C3(C)C)n2)cc1C(F)(F)F. The molecule has 6 nitrogen and oxygen atoms in total. The summed E-state index contributed by atoms with van der Waals surface area (Å²) in [5.41, 5.74) is -1.19. The summed E-state index contributed by atoms with van der Waals surface area (Å²) >= 11 is 0. The lowest BCUT2D eigenvalue weighted by atomic mass is 9.94. The normalized spacial score (nSPS) is 20.5. The van der Waals surface area contributed by atoms with E-state index in [-0.39, 0.29) is 40.3 Å². The average molecular weight is 441 g/mol. The maximum atomic E-state index is 14.4. The number of likely N-dealkylation sites (N-methyl/N-ethyl adjacent to an activating group) is 1. The molecule has 0 saturated carbocycles. The van der Waals surface area contributed by atoms with Crippen molar-refractivity contribution in [3.05, 3.63) is 35.8 Å². The molecule has 10 heteroatoms. The molecule has 3 rings (SSSR count). The minimum atomic E-state index is -4.59. The molecule has 0 radical (unpaired) electrons. The number of halogens is 4. The Morgan fingerprint density at radius 1 is 1.19 bits per heavy atom. The summed E-state index contributed by atoms with van der Waals surface area (Å²) in [6, 6.07) is 3.41. The summed E-state index contributed by atoms with van der Waals surface area (Å²) in [6.07, 6.45) is -2.84. The van der Waals surface area contributed by atoms with E-state index in [1.165, 1.54) is 19.2 Å². The minimum absolute atomic E-state index is 0.00812. The van der Waals surface area contributed by atoms with Crippen LogP contribution in [-0.4, -0.2) is 46.1 Å². The van der Waals surface area contributed by atoms with E-state index in [1.54, 1.807) is 0 Å². The van der Waals surface area contributed by atoms with E-state index in [2.05, 4.69) is 53.2 Å². The number of likely N-dealkylation sites (tertiary alicyclic amines) is 1. The lowest BCUT2D eigenvalue weighted by molar-refractivity contribution is -0.138. The van der Waals surface area contributed by atoms with Gasteiger partial charge in [-0.2, -0.15) is 18.2 Å². The van der Waals surface area contributed by atoms with Crippen molar-refractivity contribution in [1.29, 1.82) is 0 Å². The molecule has 1 aromatic heterocycles. The first-order chi connectivity index (χ1) is 14.3. The molecule has 1 unspecified atom stereocenters. The van der Waals surface area contributed by atoms with Gasteiger partial charge in [0.05, 0.1) is 18.9 Å². The van der Waals surface area contributed by atoms with Crippen LogP contribution in [0.15, 0.2) is 24.4 Å². The van der Waals surface area contributed by atoms with Gasteiger partial charge in [0.15, 0.2) is 11.6 Å². The van der Waals surface area contributed by atoms with Crippen molar-refractivity contribution >= 4 is 17.5 Å². The Labute approximate surface area is 179 Å². The zero-order chi connectivity index (χ0) is 23.2. The van der Waals surface area contributed by atoms with Crippen LogP contribution in [0, 0.1) is 5.82 Å². The maximum absolute atomic E-state index is 14.4. The molecule has 0 spiro atoms. The second kappa shape index (κ2) is 7.81. The van der Waals surface area contributed by atoms with Crippen LogP contribution in [-0.2, 0) is 6.18 Å². The van der Waals surface area contributed by atoms with Gasteiger partial charge in [0, 0.05) is 22.8 Å². The summed E-state index contributed by atoms with van der Waals surface area (Å²) in [5.74, 6) is -0.966. The number of ether oxygens (including phenoxy) is 1. The lowest BCUT2D eigenvalue weighted by Gasteiger charge is -2.38. The predicted molar refractivity (Wildman–Crippen MR) is 111 cm³/mol. The second-order valence-electron chi connectivity index (χ2n) is 8.85. The Kier molecular flexibility index (Phi) is 5.81. The number of alkyl halides is 3. The third-order valence-corrected chi connectivity index (χ3v) is 6.14. The quantitative estimate of drug-likeness (QED) is 0.633. The van der Waals surface area contributed by atoms with Crippen LogP contribution in [0.4, 0.5) is 35.0 Å². The molecular formula is C21H27F4N5O. The molecule has 0 bridgehead atoms. The Hall–Kier alpha value is -2.62. The van der Waals surface area contributed by atoms with Crippen LogP contribution in [0.5, 0.6) is 5.75 Å². The summed E-state index contributed by atoms with van der Waals surface area (Å²) < 4.78 is 59.0. The van der Waals surface area contributed by atoms with Gasteiger partial charge in [0.2, 0.25) is 5.95 Å². The topological polar surface area (TPSA) is 62.3 Å². The first-order valence-electron chi connectivity index (χ1n) is 9.81. The Morgan fingerprint density at radius 2 is 1.87 bits per heavy atom. The monoisotopic (exact) mass is 441 g/mol. The van der Waals surface area contributed by atoms with E-state index in [1.807, 2.05) is 7.05 Å². The Bertz CT molecular complexity index is 961. The van der Waals surface area contributed by atoms with Gasteiger partial charge in [0.1, 0.15) is 5.75 Å². The van der Waals surface area contributed by atoms with Crippen molar-refractivity contribution in [3.8, 4) is 5.75 Å².